The molecular formula is C20H24N2O3. The van der Waals surface area contributed by atoms with Crippen molar-refractivity contribution in [3.63, 3.8) is 0 Å². The summed E-state index contributed by atoms with van der Waals surface area (Å²) in [5.74, 6) is 0.758. The van der Waals surface area contributed by atoms with Crippen molar-refractivity contribution >= 4 is 12.1 Å². The second-order valence-electron chi connectivity index (χ2n) is 6.60. The number of hydrogen-bond donors (Lipinski definition) is 1. The zero-order valence-electron chi connectivity index (χ0n) is 15.1. The van der Waals surface area contributed by atoms with Crippen molar-refractivity contribution in [3.8, 4) is 11.5 Å². The Labute approximate surface area is 148 Å². The maximum Gasteiger partial charge on any atom is 0.277 e. The molecule has 0 radical (unpaired) electrons. The number of nitrogens with one attached hydrogen (secondary N) is 1. The number of para-hydroxylation sites is 2. The molecule has 0 fully saturated rings. The minimum absolute atomic E-state index is 0.111. The van der Waals surface area contributed by atoms with Crippen LogP contribution in [0, 0.1) is 0 Å². The van der Waals surface area contributed by atoms with Crippen LogP contribution in [0.4, 0.5) is 0 Å². The average molecular weight is 340 g/mol. The first-order valence-corrected chi connectivity index (χ1v) is 8.08. The van der Waals surface area contributed by atoms with E-state index in [0.717, 1.165) is 5.56 Å². The van der Waals surface area contributed by atoms with Gasteiger partial charge < -0.3 is 9.47 Å². The molecule has 0 bridgehead atoms. The van der Waals surface area contributed by atoms with Crippen molar-refractivity contribution in [2.24, 2.45) is 5.10 Å². The monoisotopic (exact) mass is 340 g/mol. The van der Waals surface area contributed by atoms with Crippen LogP contribution >= 0.6 is 0 Å². The van der Waals surface area contributed by atoms with Crippen LogP contribution in [0.1, 0.15) is 31.9 Å². The number of nitrogens with zero attached hydrogens (tertiary/aromatic N) is 1. The number of hydrogen-bond acceptors (Lipinski definition) is 4. The summed E-state index contributed by atoms with van der Waals surface area (Å²) in [4.78, 5) is 11.8. The Bertz CT molecular complexity index is 731. The molecule has 2 rings (SSSR count). The average Bonchev–Trinajstić information content (AvgIpc) is 2.60. The molecule has 0 aromatic heterocycles. The summed E-state index contributed by atoms with van der Waals surface area (Å²) in [6.45, 7) is 6.36. The fraction of sp³-hybridized carbons (Fsp3) is 0.300. The molecule has 0 saturated heterocycles. The Morgan fingerprint density at radius 1 is 1.08 bits per heavy atom. The standard InChI is InChI=1S/C20H24N2O3/c1-20(2,3)16-11-9-15(10-12-16)13-21-22-19(23)14-25-18-8-6-5-7-17(18)24-4/h5-13H,14H2,1-4H3,(H,22,23)/b21-13+. The van der Waals surface area contributed by atoms with Gasteiger partial charge in [0, 0.05) is 0 Å². The zero-order valence-corrected chi connectivity index (χ0v) is 15.1. The number of hydrazone groups is 1. The normalized spacial score (nSPS) is 11.4. The number of carbonyl (C=O) groups excluding carboxylic acids is 1. The van der Waals surface area contributed by atoms with Gasteiger partial charge in [0.05, 0.1) is 13.3 Å². The predicted octanol–water partition coefficient (Wildman–Crippen LogP) is 3.52. The van der Waals surface area contributed by atoms with Crippen molar-refractivity contribution in [2.45, 2.75) is 26.2 Å². The fourth-order valence-corrected chi connectivity index (χ4v) is 2.16. The maximum absolute atomic E-state index is 11.8. The predicted molar refractivity (Wildman–Crippen MR) is 99.4 cm³/mol. The summed E-state index contributed by atoms with van der Waals surface area (Å²) >= 11 is 0. The topological polar surface area (TPSA) is 59.9 Å². The SMILES string of the molecule is COc1ccccc1OCC(=O)N/N=C/c1ccc(C(C)(C)C)cc1. The fourth-order valence-electron chi connectivity index (χ4n) is 2.16. The van der Waals surface area contributed by atoms with Gasteiger partial charge in [-0.25, -0.2) is 5.43 Å². The number of amides is 1. The van der Waals surface area contributed by atoms with Gasteiger partial charge in [-0.15, -0.1) is 0 Å². The van der Waals surface area contributed by atoms with Crippen LogP contribution in [0.25, 0.3) is 0 Å². The van der Waals surface area contributed by atoms with Gasteiger partial charge >= 0.3 is 0 Å². The van der Waals surface area contributed by atoms with Crippen LogP contribution < -0.4 is 14.9 Å². The summed E-state index contributed by atoms with van der Waals surface area (Å²) in [7, 11) is 1.55. The lowest BCUT2D eigenvalue weighted by atomic mass is 9.87. The molecule has 0 unspecified atom stereocenters. The molecule has 25 heavy (non-hydrogen) atoms. The molecule has 5 heteroatoms. The third kappa shape index (κ3) is 5.64. The molecule has 1 N–H and O–H groups in total. The van der Waals surface area contributed by atoms with Crippen LogP contribution in [0.3, 0.4) is 0 Å². The van der Waals surface area contributed by atoms with Crippen LogP contribution in [-0.4, -0.2) is 25.8 Å². The van der Waals surface area contributed by atoms with Crippen LogP contribution in [-0.2, 0) is 10.2 Å². The molecule has 0 heterocycles. The molecule has 2 aromatic carbocycles. The van der Waals surface area contributed by atoms with E-state index in [4.69, 9.17) is 9.47 Å². The molecular weight excluding hydrogens is 316 g/mol. The Kier molecular flexibility index (Phi) is 6.17. The van der Waals surface area contributed by atoms with E-state index in [-0.39, 0.29) is 17.9 Å². The number of rotatable bonds is 6. The van der Waals surface area contributed by atoms with Crippen LogP contribution in [0.5, 0.6) is 11.5 Å². The highest BCUT2D eigenvalue weighted by molar-refractivity contribution is 5.83. The minimum atomic E-state index is -0.339. The molecule has 1 amide bonds. The van der Waals surface area contributed by atoms with Gasteiger partial charge in [0.15, 0.2) is 18.1 Å². The second kappa shape index (κ2) is 8.33. The quantitative estimate of drug-likeness (QED) is 0.646. The van der Waals surface area contributed by atoms with E-state index in [2.05, 4.69) is 43.4 Å². The molecule has 0 aliphatic heterocycles. The second-order valence-corrected chi connectivity index (χ2v) is 6.60. The lowest BCUT2D eigenvalue weighted by Gasteiger charge is -2.18. The van der Waals surface area contributed by atoms with Gasteiger partial charge in [-0.05, 0) is 28.7 Å². The maximum atomic E-state index is 11.8. The van der Waals surface area contributed by atoms with Crippen LogP contribution in [0.15, 0.2) is 53.6 Å². The van der Waals surface area contributed by atoms with E-state index >= 15 is 0 Å². The van der Waals surface area contributed by atoms with Crippen LogP contribution in [0.2, 0.25) is 0 Å². The van der Waals surface area contributed by atoms with Crippen molar-refractivity contribution in [1.82, 2.24) is 5.43 Å². The lowest BCUT2D eigenvalue weighted by Crippen LogP contribution is -2.24. The van der Waals surface area contributed by atoms with Crippen molar-refractivity contribution in [3.05, 3.63) is 59.7 Å². The number of methoxy groups -OCH3 is 1. The lowest BCUT2D eigenvalue weighted by molar-refractivity contribution is -0.123. The van der Waals surface area contributed by atoms with Crippen molar-refractivity contribution in [1.29, 1.82) is 0 Å². The van der Waals surface area contributed by atoms with E-state index in [0.29, 0.717) is 11.5 Å². The number of ether oxygens (including phenoxy) is 2. The molecule has 0 aliphatic carbocycles. The van der Waals surface area contributed by atoms with E-state index in [9.17, 15) is 4.79 Å². The first-order chi connectivity index (χ1) is 11.9. The van der Waals surface area contributed by atoms with Gasteiger partial charge in [-0.1, -0.05) is 57.2 Å². The summed E-state index contributed by atoms with van der Waals surface area (Å²) in [5.41, 5.74) is 4.72. The molecule has 0 saturated carbocycles. The third-order valence-electron chi connectivity index (χ3n) is 3.61. The third-order valence-corrected chi connectivity index (χ3v) is 3.61. The van der Waals surface area contributed by atoms with Gasteiger partial charge in [0.25, 0.3) is 5.91 Å². The molecule has 0 aliphatic rings. The molecule has 0 atom stereocenters. The Morgan fingerprint density at radius 3 is 2.32 bits per heavy atom. The van der Waals surface area contributed by atoms with Crippen molar-refractivity contribution in [2.75, 3.05) is 13.7 Å². The Balaban J connectivity index is 1.84. The summed E-state index contributed by atoms with van der Waals surface area (Å²) < 4.78 is 10.6. The first-order valence-electron chi connectivity index (χ1n) is 8.08. The number of carbonyl (C=O) groups is 1. The highest BCUT2D eigenvalue weighted by Gasteiger charge is 2.12. The highest BCUT2D eigenvalue weighted by atomic mass is 16.5. The first kappa shape index (κ1) is 18.5. The summed E-state index contributed by atoms with van der Waals surface area (Å²) in [5, 5.41) is 3.95. The van der Waals surface area contributed by atoms with E-state index in [1.54, 1.807) is 25.5 Å². The largest absolute Gasteiger partial charge is 0.493 e. The smallest absolute Gasteiger partial charge is 0.277 e. The van der Waals surface area contributed by atoms with E-state index in [1.807, 2.05) is 24.3 Å². The van der Waals surface area contributed by atoms with Gasteiger partial charge in [-0.2, -0.15) is 5.10 Å². The molecule has 5 nitrogen and oxygen atoms in total. The Hall–Kier alpha value is -2.82. The molecule has 0 spiro atoms. The van der Waals surface area contributed by atoms with E-state index in [1.165, 1.54) is 5.56 Å². The zero-order chi connectivity index (χ0) is 18.3. The summed E-state index contributed by atoms with van der Waals surface area (Å²) in [6.07, 6.45) is 1.60. The van der Waals surface area contributed by atoms with Gasteiger partial charge in [-0.3, -0.25) is 4.79 Å². The number of benzene rings is 2. The molecule has 132 valence electrons. The van der Waals surface area contributed by atoms with Gasteiger partial charge in [0.2, 0.25) is 0 Å². The highest BCUT2D eigenvalue weighted by Crippen LogP contribution is 2.25. The minimum Gasteiger partial charge on any atom is -0.493 e. The molecule has 2 aromatic rings. The summed E-state index contributed by atoms with van der Waals surface area (Å²) in [6, 6.07) is 15.2. The Morgan fingerprint density at radius 2 is 1.72 bits per heavy atom. The van der Waals surface area contributed by atoms with E-state index < -0.39 is 0 Å². The van der Waals surface area contributed by atoms with Gasteiger partial charge in [0.1, 0.15) is 0 Å². The van der Waals surface area contributed by atoms with Crippen molar-refractivity contribution < 1.29 is 14.3 Å².